The van der Waals surface area contributed by atoms with Crippen molar-refractivity contribution in [2.24, 2.45) is 5.41 Å². The van der Waals surface area contributed by atoms with E-state index in [1.807, 2.05) is 37.3 Å². The van der Waals surface area contributed by atoms with Crippen LogP contribution in [0.1, 0.15) is 45.1 Å². The standard InChI is InChI=1S/C32H37BrN2O7S/c1-3-5-15-32(4-2)20-35(23-12-7-6-8-13-23)26-17-24(33)28(18-29(26)43(40,41)21-32)42-19-30(37)34-25(31(38)39)16-22-11-9-10-14-27(22)36/h6-14,17-18,25,36H,3-5,15-16,19-21H2,1-2H3,(H,34,37)(H,38,39)/t25-,32+/m1/s1. The van der Waals surface area contributed by atoms with E-state index >= 15 is 0 Å². The molecule has 1 heterocycles. The number of aromatic hydroxyl groups is 1. The first kappa shape index (κ1) is 32.3. The van der Waals surface area contributed by atoms with Crippen LogP contribution in [0.3, 0.4) is 0 Å². The number of sulfone groups is 1. The lowest BCUT2D eigenvalue weighted by Crippen LogP contribution is -2.44. The average molecular weight is 674 g/mol. The molecule has 0 aromatic heterocycles. The molecule has 230 valence electrons. The monoisotopic (exact) mass is 672 g/mol. The maximum Gasteiger partial charge on any atom is 0.326 e. The van der Waals surface area contributed by atoms with Crippen LogP contribution in [0.25, 0.3) is 0 Å². The Labute approximate surface area is 260 Å². The van der Waals surface area contributed by atoms with Crippen LogP contribution < -0.4 is 15.0 Å². The molecule has 1 aliphatic rings. The van der Waals surface area contributed by atoms with E-state index in [1.54, 1.807) is 24.3 Å². The van der Waals surface area contributed by atoms with Gasteiger partial charge in [-0.05, 0) is 58.6 Å². The Morgan fingerprint density at radius 2 is 1.79 bits per heavy atom. The molecule has 43 heavy (non-hydrogen) atoms. The largest absolute Gasteiger partial charge is 0.508 e. The summed E-state index contributed by atoms with van der Waals surface area (Å²) >= 11 is 3.50. The number of unbranched alkanes of at least 4 members (excludes halogenated alkanes) is 1. The van der Waals surface area contributed by atoms with Crippen LogP contribution in [0, 0.1) is 5.41 Å². The number of amides is 1. The second-order valence-electron chi connectivity index (χ2n) is 11.0. The summed E-state index contributed by atoms with van der Waals surface area (Å²) in [4.78, 5) is 26.7. The smallest absolute Gasteiger partial charge is 0.326 e. The number of phenols is 1. The molecule has 0 radical (unpaired) electrons. The molecule has 4 rings (SSSR count). The highest BCUT2D eigenvalue weighted by molar-refractivity contribution is 9.10. The number of carboxylic acids is 1. The van der Waals surface area contributed by atoms with Crippen molar-refractivity contribution in [2.45, 2.75) is 56.9 Å². The van der Waals surface area contributed by atoms with E-state index in [1.165, 1.54) is 12.1 Å². The maximum absolute atomic E-state index is 14.0. The first-order valence-electron chi connectivity index (χ1n) is 14.3. The number of halogens is 1. The summed E-state index contributed by atoms with van der Waals surface area (Å²) in [5.41, 5.74) is 1.31. The summed E-state index contributed by atoms with van der Waals surface area (Å²) in [6.07, 6.45) is 3.21. The summed E-state index contributed by atoms with van der Waals surface area (Å²) in [6.45, 7) is 4.12. The zero-order valence-electron chi connectivity index (χ0n) is 24.3. The zero-order valence-corrected chi connectivity index (χ0v) is 26.7. The Morgan fingerprint density at radius 3 is 2.44 bits per heavy atom. The quantitative estimate of drug-likeness (QED) is 0.218. The van der Waals surface area contributed by atoms with E-state index < -0.39 is 39.8 Å². The van der Waals surface area contributed by atoms with Gasteiger partial charge in [0.15, 0.2) is 16.4 Å². The summed E-state index contributed by atoms with van der Waals surface area (Å²) in [6, 6.07) is 17.8. The van der Waals surface area contributed by atoms with Gasteiger partial charge in [0, 0.05) is 30.1 Å². The second kappa shape index (κ2) is 13.8. The molecule has 3 aromatic carbocycles. The SMILES string of the molecule is CCCC[C@@]1(CC)CN(c2ccccc2)c2cc(Br)c(OCC(=O)N[C@H](Cc3ccccc3O)C(=O)O)cc2S(=O)(=O)C1. The van der Waals surface area contributed by atoms with Gasteiger partial charge in [-0.25, -0.2) is 13.2 Å². The van der Waals surface area contributed by atoms with Gasteiger partial charge in [-0.15, -0.1) is 0 Å². The third-order valence-corrected chi connectivity index (χ3v) is 10.5. The third kappa shape index (κ3) is 7.69. The van der Waals surface area contributed by atoms with Crippen molar-refractivity contribution < 1.29 is 33.0 Å². The number of aliphatic carboxylic acids is 1. The number of hydrogen-bond donors (Lipinski definition) is 3. The van der Waals surface area contributed by atoms with Crippen molar-refractivity contribution >= 4 is 49.0 Å². The number of para-hydroxylation sites is 2. The van der Waals surface area contributed by atoms with Crippen LogP contribution in [0.4, 0.5) is 11.4 Å². The minimum Gasteiger partial charge on any atom is -0.508 e. The molecule has 0 bridgehead atoms. The minimum absolute atomic E-state index is 0.0129. The van der Waals surface area contributed by atoms with Gasteiger partial charge in [-0.2, -0.15) is 0 Å². The lowest BCUT2D eigenvalue weighted by atomic mass is 9.81. The highest BCUT2D eigenvalue weighted by atomic mass is 79.9. The van der Waals surface area contributed by atoms with E-state index in [9.17, 15) is 28.2 Å². The molecule has 3 N–H and O–H groups in total. The molecule has 11 heteroatoms. The van der Waals surface area contributed by atoms with Gasteiger partial charge in [-0.3, -0.25) is 4.79 Å². The number of carboxylic acid groups (broad SMARTS) is 1. The number of carbonyl (C=O) groups is 2. The van der Waals surface area contributed by atoms with Crippen molar-refractivity contribution in [1.29, 1.82) is 0 Å². The topological polar surface area (TPSA) is 133 Å². The normalized spacial score (nSPS) is 18.3. The highest BCUT2D eigenvalue weighted by Gasteiger charge is 2.42. The van der Waals surface area contributed by atoms with Gasteiger partial charge in [0.25, 0.3) is 5.91 Å². The number of nitrogens with one attached hydrogen (secondary N) is 1. The van der Waals surface area contributed by atoms with Gasteiger partial charge in [0.2, 0.25) is 0 Å². The van der Waals surface area contributed by atoms with Gasteiger partial charge in [-0.1, -0.05) is 63.1 Å². The molecule has 0 aliphatic carbocycles. The van der Waals surface area contributed by atoms with E-state index in [-0.39, 0.29) is 28.6 Å². The molecular weight excluding hydrogens is 636 g/mol. The summed E-state index contributed by atoms with van der Waals surface area (Å²) < 4.78 is 34.1. The van der Waals surface area contributed by atoms with Crippen molar-refractivity contribution in [1.82, 2.24) is 5.32 Å². The summed E-state index contributed by atoms with van der Waals surface area (Å²) in [5, 5.41) is 22.1. The van der Waals surface area contributed by atoms with Crippen LogP contribution in [-0.2, 0) is 25.8 Å². The van der Waals surface area contributed by atoms with Crippen LogP contribution >= 0.6 is 15.9 Å². The van der Waals surface area contributed by atoms with Crippen LogP contribution in [0.15, 0.2) is 76.1 Å². The third-order valence-electron chi connectivity index (χ3n) is 7.92. The van der Waals surface area contributed by atoms with E-state index in [2.05, 4.69) is 33.1 Å². The Morgan fingerprint density at radius 1 is 1.09 bits per heavy atom. The van der Waals surface area contributed by atoms with Crippen molar-refractivity contribution in [3.8, 4) is 11.5 Å². The number of fused-ring (bicyclic) bond motifs is 1. The first-order valence-corrected chi connectivity index (χ1v) is 16.7. The summed E-state index contributed by atoms with van der Waals surface area (Å²) in [7, 11) is -3.76. The lowest BCUT2D eigenvalue weighted by molar-refractivity contribution is -0.142. The van der Waals surface area contributed by atoms with Crippen LogP contribution in [0.5, 0.6) is 11.5 Å². The van der Waals surface area contributed by atoms with E-state index in [0.717, 1.165) is 24.9 Å². The van der Waals surface area contributed by atoms with Crippen LogP contribution in [0.2, 0.25) is 0 Å². The Bertz CT molecular complexity index is 1570. The number of hydrogen-bond acceptors (Lipinski definition) is 7. The van der Waals surface area contributed by atoms with Crippen molar-refractivity contribution in [3.05, 3.63) is 76.8 Å². The predicted octanol–water partition coefficient (Wildman–Crippen LogP) is 5.86. The zero-order chi connectivity index (χ0) is 31.2. The fourth-order valence-corrected chi connectivity index (χ4v) is 8.08. The number of nitrogens with zero attached hydrogens (tertiary/aromatic N) is 1. The molecule has 0 fully saturated rings. The predicted molar refractivity (Wildman–Crippen MR) is 169 cm³/mol. The number of carbonyl (C=O) groups excluding carboxylic acids is 1. The molecular formula is C32H37BrN2O7S. The molecule has 0 saturated carbocycles. The van der Waals surface area contributed by atoms with Gasteiger partial charge in [0.05, 0.1) is 20.8 Å². The Hall–Kier alpha value is -3.57. The summed E-state index contributed by atoms with van der Waals surface area (Å²) in [5.74, 6) is -1.90. The lowest BCUT2D eigenvalue weighted by Gasteiger charge is -2.36. The molecule has 0 unspecified atom stereocenters. The van der Waals surface area contributed by atoms with Crippen molar-refractivity contribution in [3.63, 3.8) is 0 Å². The molecule has 1 amide bonds. The molecule has 1 aliphatic heterocycles. The molecule has 0 saturated heterocycles. The van der Waals surface area contributed by atoms with E-state index in [4.69, 9.17) is 4.74 Å². The number of benzene rings is 3. The van der Waals surface area contributed by atoms with Gasteiger partial charge in [0.1, 0.15) is 17.5 Å². The van der Waals surface area contributed by atoms with E-state index in [0.29, 0.717) is 28.7 Å². The number of rotatable bonds is 12. The number of phenolic OH excluding ortho intramolecular Hbond substituents is 1. The van der Waals surface area contributed by atoms with Gasteiger partial charge >= 0.3 is 5.97 Å². The minimum atomic E-state index is -3.76. The Balaban J connectivity index is 1.62. The molecule has 3 aromatic rings. The number of anilines is 2. The average Bonchev–Trinajstić information content (AvgIpc) is 3.07. The van der Waals surface area contributed by atoms with Gasteiger partial charge < -0.3 is 25.2 Å². The molecule has 2 atom stereocenters. The highest BCUT2D eigenvalue weighted by Crippen LogP contribution is 2.46. The van der Waals surface area contributed by atoms with Crippen LogP contribution in [-0.4, -0.2) is 55.5 Å². The molecule has 0 spiro atoms. The van der Waals surface area contributed by atoms with Crippen molar-refractivity contribution in [2.75, 3.05) is 23.8 Å². The Kier molecular flexibility index (Phi) is 10.4. The number of ether oxygens (including phenoxy) is 1. The second-order valence-corrected chi connectivity index (χ2v) is 13.8. The molecule has 9 nitrogen and oxygen atoms in total. The fraction of sp³-hybridized carbons (Fsp3) is 0.375. The maximum atomic E-state index is 14.0. The fourth-order valence-electron chi connectivity index (χ4n) is 5.46. The first-order chi connectivity index (χ1) is 20.5.